The molecule has 6 heteroatoms. The second-order valence-electron chi connectivity index (χ2n) is 5.23. The van der Waals surface area contributed by atoms with Gasteiger partial charge in [-0.1, -0.05) is 0 Å². The number of H-pyrrole nitrogens is 1. The van der Waals surface area contributed by atoms with Crippen LogP contribution in [0.1, 0.15) is 34.8 Å². The van der Waals surface area contributed by atoms with Crippen molar-refractivity contribution in [2.75, 3.05) is 13.1 Å². The van der Waals surface area contributed by atoms with Gasteiger partial charge in [0.2, 0.25) is 0 Å². The van der Waals surface area contributed by atoms with E-state index in [1.54, 1.807) is 11.0 Å². The summed E-state index contributed by atoms with van der Waals surface area (Å²) in [6, 6.07) is 5.08. The summed E-state index contributed by atoms with van der Waals surface area (Å²) in [6.07, 6.45) is 3.02. The monoisotopic (exact) mass is 291 g/mol. The lowest BCUT2D eigenvalue weighted by Gasteiger charge is -2.32. The van der Waals surface area contributed by atoms with Crippen molar-refractivity contribution in [3.05, 3.63) is 53.4 Å². The van der Waals surface area contributed by atoms with Crippen molar-refractivity contribution < 1.29 is 13.6 Å². The van der Waals surface area contributed by atoms with Crippen molar-refractivity contribution >= 4 is 5.91 Å². The van der Waals surface area contributed by atoms with E-state index in [1.165, 1.54) is 12.3 Å². The molecule has 1 atom stereocenters. The van der Waals surface area contributed by atoms with Crippen LogP contribution in [0.3, 0.4) is 0 Å². The highest BCUT2D eigenvalue weighted by Crippen LogP contribution is 2.29. The molecule has 21 heavy (non-hydrogen) atoms. The van der Waals surface area contributed by atoms with Gasteiger partial charge >= 0.3 is 0 Å². The van der Waals surface area contributed by atoms with Crippen LogP contribution in [0.5, 0.6) is 0 Å². The molecule has 4 nitrogen and oxygen atoms in total. The molecular weight excluding hydrogens is 276 g/mol. The lowest BCUT2D eigenvalue weighted by atomic mass is 9.90. The molecule has 0 saturated carbocycles. The van der Waals surface area contributed by atoms with Crippen LogP contribution in [-0.2, 0) is 0 Å². The average Bonchev–Trinajstić information content (AvgIpc) is 3.03. The number of benzene rings is 1. The van der Waals surface area contributed by atoms with E-state index in [2.05, 4.69) is 10.2 Å². The molecule has 1 amide bonds. The minimum absolute atomic E-state index is 0.158. The zero-order chi connectivity index (χ0) is 14.8. The molecule has 0 bridgehead atoms. The summed E-state index contributed by atoms with van der Waals surface area (Å²) in [5.74, 6) is -1.21. The first-order valence-corrected chi connectivity index (χ1v) is 6.89. The van der Waals surface area contributed by atoms with E-state index >= 15 is 0 Å². The molecule has 1 aliphatic rings. The minimum atomic E-state index is -0.455. The normalized spacial score (nSPS) is 18.8. The standard InChI is InChI=1S/C15H15F2N3O/c16-11-3-4-13(17)12(8-11)10-2-1-7-20(9-10)15(21)14-5-6-18-19-14/h3-6,8,10H,1-2,7,9H2,(H,18,19)/t10-/m0/s1. The van der Waals surface area contributed by atoms with Crippen LogP contribution in [0, 0.1) is 11.6 Å². The Morgan fingerprint density at radius 2 is 2.19 bits per heavy atom. The number of nitrogens with zero attached hydrogens (tertiary/aromatic N) is 2. The maximum Gasteiger partial charge on any atom is 0.271 e. The summed E-state index contributed by atoms with van der Waals surface area (Å²) in [5, 5.41) is 6.39. The topological polar surface area (TPSA) is 49.0 Å². The van der Waals surface area contributed by atoms with Crippen LogP contribution in [-0.4, -0.2) is 34.1 Å². The molecule has 1 aromatic carbocycles. The van der Waals surface area contributed by atoms with Crippen molar-refractivity contribution in [1.29, 1.82) is 0 Å². The summed E-state index contributed by atoms with van der Waals surface area (Å²) in [5.41, 5.74) is 0.757. The maximum absolute atomic E-state index is 13.9. The number of piperidine rings is 1. The van der Waals surface area contributed by atoms with Crippen molar-refractivity contribution in [3.63, 3.8) is 0 Å². The van der Waals surface area contributed by atoms with Gasteiger partial charge in [0, 0.05) is 25.2 Å². The minimum Gasteiger partial charge on any atom is -0.337 e. The Bertz CT molecular complexity index is 642. The average molecular weight is 291 g/mol. The molecule has 0 aliphatic carbocycles. The number of aromatic amines is 1. The lowest BCUT2D eigenvalue weighted by molar-refractivity contribution is 0.0700. The molecule has 1 N–H and O–H groups in total. The van der Waals surface area contributed by atoms with Gasteiger partial charge < -0.3 is 4.90 Å². The Hall–Kier alpha value is -2.24. The van der Waals surface area contributed by atoms with Gasteiger partial charge in [0.25, 0.3) is 5.91 Å². The molecule has 2 aromatic rings. The molecule has 110 valence electrons. The van der Waals surface area contributed by atoms with E-state index in [4.69, 9.17) is 0 Å². The van der Waals surface area contributed by atoms with E-state index in [1.807, 2.05) is 0 Å². The van der Waals surface area contributed by atoms with Crippen LogP contribution in [0.2, 0.25) is 0 Å². The smallest absolute Gasteiger partial charge is 0.271 e. The number of halogens is 2. The fraction of sp³-hybridized carbons (Fsp3) is 0.333. The Morgan fingerprint density at radius 1 is 1.33 bits per heavy atom. The number of aromatic nitrogens is 2. The number of likely N-dealkylation sites (tertiary alicyclic amines) is 1. The highest BCUT2D eigenvalue weighted by molar-refractivity contribution is 5.92. The fourth-order valence-corrected chi connectivity index (χ4v) is 2.79. The molecule has 0 unspecified atom stereocenters. The Labute approximate surface area is 120 Å². The summed E-state index contributed by atoms with van der Waals surface area (Å²) >= 11 is 0. The summed E-state index contributed by atoms with van der Waals surface area (Å²) < 4.78 is 27.2. The lowest BCUT2D eigenvalue weighted by Crippen LogP contribution is -2.39. The number of hydrogen-bond donors (Lipinski definition) is 1. The Morgan fingerprint density at radius 3 is 2.95 bits per heavy atom. The van der Waals surface area contributed by atoms with Crippen molar-refractivity contribution in [2.45, 2.75) is 18.8 Å². The molecule has 3 rings (SSSR count). The number of carbonyl (C=O) groups is 1. The first-order valence-electron chi connectivity index (χ1n) is 6.89. The van der Waals surface area contributed by atoms with Gasteiger partial charge in [-0.15, -0.1) is 0 Å². The third-order valence-electron chi connectivity index (χ3n) is 3.84. The van der Waals surface area contributed by atoms with Crippen LogP contribution in [0.4, 0.5) is 8.78 Å². The third kappa shape index (κ3) is 2.79. The molecule has 0 spiro atoms. The number of amides is 1. The zero-order valence-corrected chi connectivity index (χ0v) is 11.4. The SMILES string of the molecule is O=C(c1ccn[nH]1)N1CCC[C@H](c2cc(F)ccc2F)C1. The molecule has 1 aromatic heterocycles. The Balaban J connectivity index is 1.80. The summed E-state index contributed by atoms with van der Waals surface area (Å²) in [6.45, 7) is 1.00. The van der Waals surface area contributed by atoms with E-state index < -0.39 is 11.6 Å². The maximum atomic E-state index is 13.9. The summed E-state index contributed by atoms with van der Waals surface area (Å²) in [4.78, 5) is 13.9. The van der Waals surface area contributed by atoms with Crippen molar-refractivity contribution in [3.8, 4) is 0 Å². The molecule has 0 radical (unpaired) electrons. The second kappa shape index (κ2) is 5.63. The highest BCUT2D eigenvalue weighted by Gasteiger charge is 2.27. The number of rotatable bonds is 2. The first kappa shape index (κ1) is 13.7. The fourth-order valence-electron chi connectivity index (χ4n) is 2.79. The van der Waals surface area contributed by atoms with E-state index in [0.29, 0.717) is 24.3 Å². The first-order chi connectivity index (χ1) is 10.1. The van der Waals surface area contributed by atoms with Crippen LogP contribution < -0.4 is 0 Å². The van der Waals surface area contributed by atoms with Crippen LogP contribution in [0.25, 0.3) is 0 Å². The highest BCUT2D eigenvalue weighted by atomic mass is 19.1. The van der Waals surface area contributed by atoms with E-state index in [-0.39, 0.29) is 11.8 Å². The van der Waals surface area contributed by atoms with Crippen LogP contribution >= 0.6 is 0 Å². The van der Waals surface area contributed by atoms with Gasteiger partial charge in [0.1, 0.15) is 17.3 Å². The zero-order valence-electron chi connectivity index (χ0n) is 11.4. The molecular formula is C15H15F2N3O. The third-order valence-corrected chi connectivity index (χ3v) is 3.84. The molecule has 1 aliphatic heterocycles. The van der Waals surface area contributed by atoms with Gasteiger partial charge in [0.05, 0.1) is 0 Å². The number of hydrogen-bond acceptors (Lipinski definition) is 2. The quantitative estimate of drug-likeness (QED) is 0.925. The van der Waals surface area contributed by atoms with E-state index in [9.17, 15) is 13.6 Å². The van der Waals surface area contributed by atoms with Gasteiger partial charge in [-0.25, -0.2) is 8.78 Å². The predicted octanol–water partition coefficient (Wildman–Crippen LogP) is 2.71. The van der Waals surface area contributed by atoms with Crippen LogP contribution in [0.15, 0.2) is 30.5 Å². The largest absolute Gasteiger partial charge is 0.337 e. The molecule has 1 saturated heterocycles. The van der Waals surface area contributed by atoms with Crippen molar-refractivity contribution in [2.24, 2.45) is 0 Å². The Kier molecular flexibility index (Phi) is 3.68. The van der Waals surface area contributed by atoms with Gasteiger partial charge in [-0.05, 0) is 42.7 Å². The van der Waals surface area contributed by atoms with E-state index in [0.717, 1.165) is 25.0 Å². The van der Waals surface area contributed by atoms with Gasteiger partial charge in [-0.2, -0.15) is 5.10 Å². The second-order valence-corrected chi connectivity index (χ2v) is 5.23. The van der Waals surface area contributed by atoms with Gasteiger partial charge in [0.15, 0.2) is 0 Å². The number of carbonyl (C=O) groups excluding carboxylic acids is 1. The number of nitrogens with one attached hydrogen (secondary N) is 1. The molecule has 1 fully saturated rings. The predicted molar refractivity (Wildman–Crippen MR) is 72.8 cm³/mol. The van der Waals surface area contributed by atoms with Gasteiger partial charge in [-0.3, -0.25) is 9.89 Å². The molecule has 2 heterocycles. The van der Waals surface area contributed by atoms with Crippen molar-refractivity contribution in [1.82, 2.24) is 15.1 Å². The summed E-state index contributed by atoms with van der Waals surface area (Å²) in [7, 11) is 0.